The van der Waals surface area contributed by atoms with Crippen LogP contribution in [0.1, 0.15) is 18.5 Å². The Morgan fingerprint density at radius 3 is 2.82 bits per heavy atom. The third-order valence-corrected chi connectivity index (χ3v) is 3.27. The van der Waals surface area contributed by atoms with Gasteiger partial charge in [-0.3, -0.25) is 9.69 Å². The third kappa shape index (κ3) is 3.71. The van der Waals surface area contributed by atoms with Crippen molar-refractivity contribution in [3.63, 3.8) is 0 Å². The van der Waals surface area contributed by atoms with Crippen molar-refractivity contribution in [2.75, 3.05) is 20.6 Å². The highest BCUT2D eigenvalue weighted by Gasteiger charge is 2.17. The summed E-state index contributed by atoms with van der Waals surface area (Å²) in [6, 6.07) is 5.25. The molecule has 0 aliphatic rings. The molecule has 0 heterocycles. The normalized spacial score (nSPS) is 12.5. The predicted octanol–water partition coefficient (Wildman–Crippen LogP) is 1.89. The first-order valence-corrected chi connectivity index (χ1v) is 6.14. The quantitative estimate of drug-likeness (QED) is 0.893. The summed E-state index contributed by atoms with van der Waals surface area (Å²) in [6.07, 6.45) is 0. The van der Waals surface area contributed by atoms with Crippen LogP contribution in [0.4, 0.5) is 0 Å². The zero-order valence-corrected chi connectivity index (χ0v) is 11.8. The highest BCUT2D eigenvalue weighted by Crippen LogP contribution is 2.30. The Morgan fingerprint density at radius 1 is 1.59 bits per heavy atom. The van der Waals surface area contributed by atoms with Gasteiger partial charge in [0.1, 0.15) is 5.75 Å². The second-order valence-electron chi connectivity index (χ2n) is 3.97. The van der Waals surface area contributed by atoms with Crippen LogP contribution in [-0.2, 0) is 4.79 Å². The summed E-state index contributed by atoms with van der Waals surface area (Å²) in [5, 5.41) is 12.4. The lowest BCUT2D eigenvalue weighted by Crippen LogP contribution is -2.34. The van der Waals surface area contributed by atoms with Gasteiger partial charge in [-0.1, -0.05) is 15.9 Å². The van der Waals surface area contributed by atoms with E-state index < -0.39 is 0 Å². The second kappa shape index (κ2) is 6.02. The van der Waals surface area contributed by atoms with Gasteiger partial charge in [-0.15, -0.1) is 0 Å². The lowest BCUT2D eigenvalue weighted by molar-refractivity contribution is -0.121. The predicted molar refractivity (Wildman–Crippen MR) is 70.9 cm³/mol. The van der Waals surface area contributed by atoms with E-state index in [-0.39, 0.29) is 17.7 Å². The molecular weight excluding hydrogens is 284 g/mol. The van der Waals surface area contributed by atoms with E-state index in [9.17, 15) is 9.90 Å². The summed E-state index contributed by atoms with van der Waals surface area (Å²) in [5.74, 6) is 0.193. The topological polar surface area (TPSA) is 52.6 Å². The fourth-order valence-electron chi connectivity index (χ4n) is 1.54. The van der Waals surface area contributed by atoms with Gasteiger partial charge in [-0.05, 0) is 32.2 Å². The molecular formula is C12H17BrN2O2. The molecule has 1 atom stereocenters. The lowest BCUT2D eigenvalue weighted by Gasteiger charge is -2.24. The average molecular weight is 301 g/mol. The number of aromatic hydroxyl groups is 1. The zero-order chi connectivity index (χ0) is 13.0. The molecule has 0 spiro atoms. The Labute approximate surface area is 110 Å². The van der Waals surface area contributed by atoms with Gasteiger partial charge in [0.15, 0.2) is 0 Å². The van der Waals surface area contributed by atoms with E-state index in [4.69, 9.17) is 0 Å². The average Bonchev–Trinajstić information content (AvgIpc) is 2.31. The summed E-state index contributed by atoms with van der Waals surface area (Å²) in [4.78, 5) is 13.2. The van der Waals surface area contributed by atoms with Gasteiger partial charge in [0.25, 0.3) is 0 Å². The minimum atomic E-state index is -0.0474. The number of nitrogens with one attached hydrogen (secondary N) is 1. The number of phenols is 1. The van der Waals surface area contributed by atoms with Gasteiger partial charge in [0.2, 0.25) is 5.91 Å². The van der Waals surface area contributed by atoms with E-state index in [0.29, 0.717) is 6.54 Å². The zero-order valence-electron chi connectivity index (χ0n) is 10.2. The molecule has 1 unspecified atom stereocenters. The van der Waals surface area contributed by atoms with Gasteiger partial charge in [0.05, 0.1) is 6.54 Å². The molecule has 0 fully saturated rings. The Balaban J connectivity index is 2.84. The van der Waals surface area contributed by atoms with Crippen LogP contribution in [-0.4, -0.2) is 36.6 Å². The molecule has 1 amide bonds. The van der Waals surface area contributed by atoms with Crippen LogP contribution in [0.25, 0.3) is 0 Å². The Hall–Kier alpha value is -1.07. The summed E-state index contributed by atoms with van der Waals surface area (Å²) < 4.78 is 0.908. The van der Waals surface area contributed by atoms with Crippen molar-refractivity contribution < 1.29 is 9.90 Å². The lowest BCUT2D eigenvalue weighted by atomic mass is 10.1. The first-order chi connectivity index (χ1) is 7.95. The number of phenolic OH excluding ortho intramolecular Hbond substituents is 1. The van der Waals surface area contributed by atoms with Gasteiger partial charge in [0, 0.05) is 23.1 Å². The molecule has 17 heavy (non-hydrogen) atoms. The van der Waals surface area contributed by atoms with Crippen LogP contribution in [0.5, 0.6) is 5.75 Å². The highest BCUT2D eigenvalue weighted by atomic mass is 79.9. The first kappa shape index (κ1) is 14.0. The molecule has 0 radical (unpaired) electrons. The van der Waals surface area contributed by atoms with Crippen molar-refractivity contribution >= 4 is 21.8 Å². The fourth-order valence-corrected chi connectivity index (χ4v) is 1.92. The number of hydrogen-bond donors (Lipinski definition) is 2. The molecule has 0 aromatic heterocycles. The number of likely N-dealkylation sites (N-methyl/N-ethyl adjacent to an activating group) is 2. The number of nitrogens with zero attached hydrogens (tertiary/aromatic N) is 1. The van der Waals surface area contributed by atoms with Crippen molar-refractivity contribution in [2.45, 2.75) is 13.0 Å². The van der Waals surface area contributed by atoms with Crippen molar-refractivity contribution in [3.05, 3.63) is 28.2 Å². The Kier molecular flexibility index (Phi) is 4.96. The van der Waals surface area contributed by atoms with E-state index in [2.05, 4.69) is 21.2 Å². The molecule has 1 rings (SSSR count). The van der Waals surface area contributed by atoms with Crippen LogP contribution < -0.4 is 5.32 Å². The summed E-state index contributed by atoms with van der Waals surface area (Å²) in [5.41, 5.74) is 0.797. The number of rotatable bonds is 4. The van der Waals surface area contributed by atoms with Crippen molar-refractivity contribution in [2.24, 2.45) is 0 Å². The van der Waals surface area contributed by atoms with Crippen molar-refractivity contribution in [1.29, 1.82) is 0 Å². The molecule has 0 aliphatic heterocycles. The van der Waals surface area contributed by atoms with Crippen molar-refractivity contribution in [1.82, 2.24) is 10.2 Å². The maximum Gasteiger partial charge on any atom is 0.233 e. The number of carbonyl (C=O) groups excluding carboxylic acids is 1. The SMILES string of the molecule is CNC(=O)CN(C)C(C)c1cc(Br)ccc1O. The van der Waals surface area contributed by atoms with Crippen LogP contribution in [0, 0.1) is 0 Å². The highest BCUT2D eigenvalue weighted by molar-refractivity contribution is 9.10. The van der Waals surface area contributed by atoms with E-state index in [1.807, 2.05) is 24.9 Å². The summed E-state index contributed by atoms with van der Waals surface area (Å²) >= 11 is 3.37. The van der Waals surface area contributed by atoms with Gasteiger partial charge < -0.3 is 10.4 Å². The Bertz CT molecular complexity index is 409. The number of carbonyl (C=O) groups is 1. The molecule has 0 saturated carbocycles. The molecule has 94 valence electrons. The van der Waals surface area contributed by atoms with E-state index in [1.54, 1.807) is 19.2 Å². The number of benzene rings is 1. The van der Waals surface area contributed by atoms with Crippen LogP contribution in [0.15, 0.2) is 22.7 Å². The molecule has 0 saturated heterocycles. The summed E-state index contributed by atoms with van der Waals surface area (Å²) in [6.45, 7) is 2.24. The monoisotopic (exact) mass is 300 g/mol. The van der Waals surface area contributed by atoms with E-state index >= 15 is 0 Å². The number of amides is 1. The molecule has 0 bridgehead atoms. The molecule has 5 heteroatoms. The van der Waals surface area contributed by atoms with Gasteiger partial charge in [-0.25, -0.2) is 0 Å². The molecule has 2 N–H and O–H groups in total. The van der Waals surface area contributed by atoms with E-state index in [1.165, 1.54) is 0 Å². The minimum absolute atomic E-state index is 0.0372. The maximum absolute atomic E-state index is 11.3. The smallest absolute Gasteiger partial charge is 0.233 e. The largest absolute Gasteiger partial charge is 0.508 e. The molecule has 1 aromatic rings. The van der Waals surface area contributed by atoms with E-state index in [0.717, 1.165) is 10.0 Å². The fraction of sp³-hybridized carbons (Fsp3) is 0.417. The third-order valence-electron chi connectivity index (χ3n) is 2.77. The Morgan fingerprint density at radius 2 is 2.24 bits per heavy atom. The van der Waals surface area contributed by atoms with Crippen LogP contribution in [0.3, 0.4) is 0 Å². The molecule has 1 aromatic carbocycles. The van der Waals surface area contributed by atoms with Gasteiger partial charge in [-0.2, -0.15) is 0 Å². The molecule has 4 nitrogen and oxygen atoms in total. The maximum atomic E-state index is 11.3. The van der Waals surface area contributed by atoms with Crippen LogP contribution in [0.2, 0.25) is 0 Å². The number of hydrogen-bond acceptors (Lipinski definition) is 3. The molecule has 0 aliphatic carbocycles. The number of halogens is 1. The van der Waals surface area contributed by atoms with Crippen LogP contribution >= 0.6 is 15.9 Å². The second-order valence-corrected chi connectivity index (χ2v) is 4.88. The van der Waals surface area contributed by atoms with Gasteiger partial charge >= 0.3 is 0 Å². The minimum Gasteiger partial charge on any atom is -0.508 e. The first-order valence-electron chi connectivity index (χ1n) is 5.35. The standard InChI is InChI=1S/C12H17BrN2O2/c1-8(15(3)7-12(17)14-2)10-6-9(13)4-5-11(10)16/h4-6,8,16H,7H2,1-3H3,(H,14,17). The summed E-state index contributed by atoms with van der Waals surface area (Å²) in [7, 11) is 3.46. The van der Waals surface area contributed by atoms with Crippen molar-refractivity contribution in [3.8, 4) is 5.75 Å².